The second-order valence-electron chi connectivity index (χ2n) is 7.43. The Morgan fingerprint density at radius 3 is 2.80 bits per heavy atom. The van der Waals surface area contributed by atoms with E-state index in [1.165, 1.54) is 5.56 Å². The van der Waals surface area contributed by atoms with Crippen molar-refractivity contribution in [1.29, 1.82) is 0 Å². The van der Waals surface area contributed by atoms with Crippen LogP contribution in [0.1, 0.15) is 30.9 Å². The molecule has 0 bridgehead atoms. The molecule has 3 rings (SSSR count). The normalized spacial score (nSPS) is 23.5. The molecule has 2 aliphatic rings. The summed E-state index contributed by atoms with van der Waals surface area (Å²) in [6.07, 6.45) is 2.30. The van der Waals surface area contributed by atoms with Crippen LogP contribution in [0.2, 0.25) is 0 Å². The highest BCUT2D eigenvalue weighted by atomic mass is 16.5. The van der Waals surface area contributed by atoms with Crippen LogP contribution in [0.25, 0.3) is 0 Å². The predicted octanol–water partition coefficient (Wildman–Crippen LogP) is 1.80. The summed E-state index contributed by atoms with van der Waals surface area (Å²) < 4.78 is 5.54. The van der Waals surface area contributed by atoms with E-state index in [1.807, 2.05) is 6.07 Å². The first-order valence-corrected chi connectivity index (χ1v) is 9.50. The quantitative estimate of drug-likeness (QED) is 0.884. The predicted molar refractivity (Wildman–Crippen MR) is 99.5 cm³/mol. The van der Waals surface area contributed by atoms with E-state index in [0.717, 1.165) is 51.3 Å². The lowest BCUT2D eigenvalue weighted by molar-refractivity contribution is -0.123. The van der Waals surface area contributed by atoms with Gasteiger partial charge in [-0.2, -0.15) is 0 Å². The molecule has 1 amide bonds. The van der Waals surface area contributed by atoms with Crippen LogP contribution in [0.4, 0.5) is 0 Å². The van der Waals surface area contributed by atoms with Crippen molar-refractivity contribution >= 4 is 5.91 Å². The molecular weight excluding hydrogens is 314 g/mol. The van der Waals surface area contributed by atoms with Gasteiger partial charge in [0.1, 0.15) is 0 Å². The van der Waals surface area contributed by atoms with E-state index in [1.54, 1.807) is 0 Å². The first-order chi connectivity index (χ1) is 12.1. The number of benzene rings is 1. The van der Waals surface area contributed by atoms with Crippen LogP contribution >= 0.6 is 0 Å². The van der Waals surface area contributed by atoms with E-state index in [2.05, 4.69) is 47.2 Å². The summed E-state index contributed by atoms with van der Waals surface area (Å²) in [5, 5.41) is 3.05. The van der Waals surface area contributed by atoms with Crippen LogP contribution in [-0.2, 0) is 16.1 Å². The monoisotopic (exact) mass is 345 g/mol. The molecule has 2 saturated heterocycles. The minimum absolute atomic E-state index is 0.125. The molecule has 138 valence electrons. The van der Waals surface area contributed by atoms with Gasteiger partial charge >= 0.3 is 0 Å². The topological polar surface area (TPSA) is 44.8 Å². The summed E-state index contributed by atoms with van der Waals surface area (Å²) in [6, 6.07) is 9.45. The van der Waals surface area contributed by atoms with Crippen LogP contribution in [0, 0.1) is 6.92 Å². The minimum atomic E-state index is 0.125. The Hall–Kier alpha value is -1.43. The maximum absolute atomic E-state index is 12.2. The van der Waals surface area contributed by atoms with Crippen LogP contribution in [-0.4, -0.2) is 67.2 Å². The van der Waals surface area contributed by atoms with Gasteiger partial charge in [-0.1, -0.05) is 29.8 Å². The standard InChI is InChI=1S/C20H31N3O2/c1-16-4-3-5-18(12-16)13-21-20(24)14-22-8-6-19(7-9-22)23-10-11-25-15-17(23)2/h3-5,12,17,19H,6-11,13-15H2,1-2H3,(H,21,24). The molecule has 0 aromatic heterocycles. The number of nitrogens with one attached hydrogen (secondary N) is 1. The van der Waals surface area contributed by atoms with Crippen LogP contribution in [0.15, 0.2) is 24.3 Å². The highest BCUT2D eigenvalue weighted by Gasteiger charge is 2.29. The highest BCUT2D eigenvalue weighted by Crippen LogP contribution is 2.20. The third kappa shape index (κ3) is 5.27. The fraction of sp³-hybridized carbons (Fsp3) is 0.650. The molecule has 0 aliphatic carbocycles. The number of aryl methyl sites for hydroxylation is 1. The Morgan fingerprint density at radius 2 is 2.08 bits per heavy atom. The summed E-state index contributed by atoms with van der Waals surface area (Å²) in [6.45, 7) is 10.2. The van der Waals surface area contributed by atoms with Crippen LogP contribution in [0.5, 0.6) is 0 Å². The summed E-state index contributed by atoms with van der Waals surface area (Å²) in [5.74, 6) is 0.125. The lowest BCUT2D eigenvalue weighted by Gasteiger charge is -2.43. The van der Waals surface area contributed by atoms with E-state index in [4.69, 9.17) is 4.74 Å². The van der Waals surface area contributed by atoms with Gasteiger partial charge in [-0.05, 0) is 32.3 Å². The van der Waals surface area contributed by atoms with Crippen molar-refractivity contribution in [3.8, 4) is 0 Å². The van der Waals surface area contributed by atoms with Crippen molar-refractivity contribution in [3.63, 3.8) is 0 Å². The van der Waals surface area contributed by atoms with Gasteiger partial charge in [0, 0.05) is 38.3 Å². The van der Waals surface area contributed by atoms with Crippen molar-refractivity contribution in [1.82, 2.24) is 15.1 Å². The minimum Gasteiger partial charge on any atom is -0.379 e. The number of amides is 1. The van der Waals surface area contributed by atoms with Crippen LogP contribution in [0.3, 0.4) is 0 Å². The number of nitrogens with zero attached hydrogens (tertiary/aromatic N) is 2. The molecule has 0 radical (unpaired) electrons. The lowest BCUT2D eigenvalue weighted by Crippen LogP contribution is -2.53. The SMILES string of the molecule is Cc1cccc(CNC(=O)CN2CCC(N3CCOCC3C)CC2)c1. The molecule has 5 nitrogen and oxygen atoms in total. The number of hydrogen-bond donors (Lipinski definition) is 1. The van der Waals surface area contributed by atoms with Gasteiger partial charge in [-0.15, -0.1) is 0 Å². The summed E-state index contributed by atoms with van der Waals surface area (Å²) in [7, 11) is 0. The molecule has 2 aliphatic heterocycles. The number of carbonyl (C=O) groups excluding carboxylic acids is 1. The largest absolute Gasteiger partial charge is 0.379 e. The number of carbonyl (C=O) groups is 1. The molecule has 1 aromatic carbocycles. The van der Waals surface area contributed by atoms with E-state index in [0.29, 0.717) is 25.2 Å². The third-order valence-electron chi connectivity index (χ3n) is 5.38. The van der Waals surface area contributed by atoms with Crippen molar-refractivity contribution in [2.75, 3.05) is 39.4 Å². The van der Waals surface area contributed by atoms with E-state index >= 15 is 0 Å². The molecule has 1 unspecified atom stereocenters. The van der Waals surface area contributed by atoms with Gasteiger partial charge < -0.3 is 10.1 Å². The molecule has 0 spiro atoms. The number of ether oxygens (including phenoxy) is 1. The molecular formula is C20H31N3O2. The zero-order valence-corrected chi connectivity index (χ0v) is 15.5. The van der Waals surface area contributed by atoms with E-state index in [9.17, 15) is 4.79 Å². The molecule has 1 atom stereocenters. The maximum Gasteiger partial charge on any atom is 0.234 e. The molecule has 5 heteroatoms. The fourth-order valence-electron chi connectivity index (χ4n) is 3.97. The average Bonchev–Trinajstić information content (AvgIpc) is 2.61. The molecule has 1 N–H and O–H groups in total. The average molecular weight is 345 g/mol. The smallest absolute Gasteiger partial charge is 0.234 e. The van der Waals surface area contributed by atoms with E-state index < -0.39 is 0 Å². The third-order valence-corrected chi connectivity index (χ3v) is 5.38. The van der Waals surface area contributed by atoms with Gasteiger partial charge in [0.25, 0.3) is 0 Å². The van der Waals surface area contributed by atoms with Crippen molar-refractivity contribution in [2.24, 2.45) is 0 Å². The molecule has 0 saturated carbocycles. The summed E-state index contributed by atoms with van der Waals surface area (Å²) >= 11 is 0. The summed E-state index contributed by atoms with van der Waals surface area (Å²) in [4.78, 5) is 17.1. The molecule has 2 heterocycles. The zero-order valence-electron chi connectivity index (χ0n) is 15.5. The van der Waals surface area contributed by atoms with Crippen molar-refractivity contribution in [3.05, 3.63) is 35.4 Å². The van der Waals surface area contributed by atoms with Crippen LogP contribution < -0.4 is 5.32 Å². The second kappa shape index (κ2) is 8.79. The Labute approximate surface area is 151 Å². The first-order valence-electron chi connectivity index (χ1n) is 9.50. The first kappa shape index (κ1) is 18.4. The Balaban J connectivity index is 1.39. The van der Waals surface area contributed by atoms with Crippen molar-refractivity contribution in [2.45, 2.75) is 45.3 Å². The number of morpholine rings is 1. The van der Waals surface area contributed by atoms with E-state index in [-0.39, 0.29) is 5.91 Å². The van der Waals surface area contributed by atoms with Gasteiger partial charge in [-0.25, -0.2) is 0 Å². The zero-order chi connectivity index (χ0) is 17.6. The Morgan fingerprint density at radius 1 is 1.28 bits per heavy atom. The maximum atomic E-state index is 12.2. The Bertz CT molecular complexity index is 570. The second-order valence-corrected chi connectivity index (χ2v) is 7.43. The number of hydrogen-bond acceptors (Lipinski definition) is 4. The van der Waals surface area contributed by atoms with Gasteiger partial charge in [0.2, 0.25) is 5.91 Å². The number of likely N-dealkylation sites (tertiary alicyclic amines) is 1. The summed E-state index contributed by atoms with van der Waals surface area (Å²) in [5.41, 5.74) is 2.39. The number of piperidine rings is 1. The van der Waals surface area contributed by atoms with Gasteiger partial charge in [0.15, 0.2) is 0 Å². The van der Waals surface area contributed by atoms with Gasteiger partial charge in [0.05, 0.1) is 19.8 Å². The van der Waals surface area contributed by atoms with Crippen molar-refractivity contribution < 1.29 is 9.53 Å². The highest BCUT2D eigenvalue weighted by molar-refractivity contribution is 5.78. The fourth-order valence-corrected chi connectivity index (χ4v) is 3.97. The molecule has 1 aromatic rings. The lowest BCUT2D eigenvalue weighted by atomic mass is 10.0. The molecule has 2 fully saturated rings. The Kier molecular flexibility index (Phi) is 6.45. The van der Waals surface area contributed by atoms with Gasteiger partial charge in [-0.3, -0.25) is 14.6 Å². The number of rotatable bonds is 5. The molecule has 25 heavy (non-hydrogen) atoms.